The number of rotatable bonds is 3. The summed E-state index contributed by atoms with van der Waals surface area (Å²) in [5, 5.41) is 4.40. The number of aromatic amines is 1. The molecule has 0 aliphatic heterocycles. The number of carbonyl (C=O) groups excluding carboxylic acids is 1. The normalized spacial score (nSPS) is 33.8. The molecule has 0 atom stereocenters. The Hall–Kier alpha value is -1.97. The lowest BCUT2D eigenvalue weighted by Gasteiger charge is -2.56. The molecule has 1 aromatic carbocycles. The monoisotopic (exact) mass is 324 g/mol. The average molecular weight is 324 g/mol. The summed E-state index contributed by atoms with van der Waals surface area (Å²) in [6.07, 6.45) is 7.69. The van der Waals surface area contributed by atoms with Crippen LogP contribution in [0, 0.1) is 17.8 Å². The molecule has 0 spiro atoms. The van der Waals surface area contributed by atoms with Crippen molar-refractivity contribution in [2.24, 2.45) is 17.8 Å². The van der Waals surface area contributed by atoms with Crippen LogP contribution in [0.2, 0.25) is 0 Å². The van der Waals surface area contributed by atoms with Crippen LogP contribution in [0.3, 0.4) is 0 Å². The van der Waals surface area contributed by atoms with Gasteiger partial charge in [-0.15, -0.1) is 0 Å². The van der Waals surface area contributed by atoms with Gasteiger partial charge in [0.25, 0.3) is 5.91 Å². The van der Waals surface area contributed by atoms with Crippen LogP contribution in [0.25, 0.3) is 10.9 Å². The molecular weight excluding hydrogens is 300 g/mol. The van der Waals surface area contributed by atoms with E-state index in [0.717, 1.165) is 34.4 Å². The summed E-state index contributed by atoms with van der Waals surface area (Å²) in [7, 11) is 1.66. The molecule has 4 heteroatoms. The second kappa shape index (κ2) is 5.01. The number of nitrogens with one attached hydrogen (secondary N) is 2. The van der Waals surface area contributed by atoms with Gasteiger partial charge in [-0.25, -0.2) is 0 Å². The zero-order valence-corrected chi connectivity index (χ0v) is 14.1. The first-order chi connectivity index (χ1) is 11.6. The molecule has 4 saturated carbocycles. The Labute approximate surface area is 142 Å². The Morgan fingerprint density at radius 3 is 2.46 bits per heavy atom. The van der Waals surface area contributed by atoms with Crippen LogP contribution in [0.1, 0.15) is 49.0 Å². The molecule has 6 rings (SSSR count). The lowest BCUT2D eigenvalue weighted by atomic mass is 9.53. The zero-order chi connectivity index (χ0) is 16.3. The van der Waals surface area contributed by atoms with Gasteiger partial charge >= 0.3 is 0 Å². The quantitative estimate of drug-likeness (QED) is 0.900. The summed E-state index contributed by atoms with van der Waals surface area (Å²) in [4.78, 5) is 16.2. The van der Waals surface area contributed by atoms with Gasteiger partial charge in [-0.3, -0.25) is 4.79 Å². The number of hydrogen-bond donors (Lipinski definition) is 2. The van der Waals surface area contributed by atoms with Crippen LogP contribution >= 0.6 is 0 Å². The smallest absolute Gasteiger partial charge is 0.268 e. The summed E-state index contributed by atoms with van der Waals surface area (Å²) in [6, 6.07) is 7.78. The second-order valence-corrected chi connectivity index (χ2v) is 8.26. The van der Waals surface area contributed by atoms with Crippen molar-refractivity contribution < 1.29 is 9.53 Å². The molecule has 24 heavy (non-hydrogen) atoms. The van der Waals surface area contributed by atoms with Crippen LogP contribution in [0.15, 0.2) is 24.3 Å². The highest BCUT2D eigenvalue weighted by atomic mass is 16.5. The highest BCUT2D eigenvalue weighted by Crippen LogP contribution is 2.55. The molecule has 4 fully saturated rings. The molecule has 4 bridgehead atoms. The molecule has 0 radical (unpaired) electrons. The number of hydrogen-bond acceptors (Lipinski definition) is 2. The largest absolute Gasteiger partial charge is 0.496 e. The van der Waals surface area contributed by atoms with E-state index in [4.69, 9.17) is 4.74 Å². The first-order valence-corrected chi connectivity index (χ1v) is 9.12. The molecule has 2 aromatic rings. The van der Waals surface area contributed by atoms with Crippen molar-refractivity contribution in [3.8, 4) is 5.75 Å². The fraction of sp³-hybridized carbons (Fsp3) is 0.550. The molecular formula is C20H24N2O2. The maximum absolute atomic E-state index is 12.9. The van der Waals surface area contributed by atoms with E-state index in [-0.39, 0.29) is 11.4 Å². The second-order valence-electron chi connectivity index (χ2n) is 8.26. The van der Waals surface area contributed by atoms with Gasteiger partial charge in [-0.1, -0.05) is 6.07 Å². The number of ether oxygens (including phenoxy) is 1. The van der Waals surface area contributed by atoms with E-state index in [9.17, 15) is 4.79 Å². The Kier molecular flexibility index (Phi) is 3.00. The maximum atomic E-state index is 12.9. The number of aromatic nitrogens is 1. The summed E-state index contributed by atoms with van der Waals surface area (Å²) in [6.45, 7) is 0. The van der Waals surface area contributed by atoms with Gasteiger partial charge in [0, 0.05) is 16.4 Å². The van der Waals surface area contributed by atoms with Crippen LogP contribution in [-0.2, 0) is 0 Å². The van der Waals surface area contributed by atoms with Gasteiger partial charge in [0.1, 0.15) is 11.4 Å². The van der Waals surface area contributed by atoms with Gasteiger partial charge < -0.3 is 15.0 Å². The van der Waals surface area contributed by atoms with Gasteiger partial charge in [0.05, 0.1) is 7.11 Å². The molecule has 2 N–H and O–H groups in total. The van der Waals surface area contributed by atoms with Crippen LogP contribution < -0.4 is 10.1 Å². The predicted molar refractivity (Wildman–Crippen MR) is 93.2 cm³/mol. The number of amides is 1. The first kappa shape index (κ1) is 14.4. The highest BCUT2D eigenvalue weighted by molar-refractivity contribution is 6.00. The Balaban J connectivity index is 1.43. The fourth-order valence-corrected chi connectivity index (χ4v) is 6.00. The van der Waals surface area contributed by atoms with Crippen molar-refractivity contribution in [3.05, 3.63) is 30.0 Å². The maximum Gasteiger partial charge on any atom is 0.268 e. The van der Waals surface area contributed by atoms with Crippen molar-refractivity contribution in [2.75, 3.05) is 7.11 Å². The van der Waals surface area contributed by atoms with E-state index in [1.165, 1.54) is 38.5 Å². The molecule has 1 aromatic heterocycles. The third-order valence-corrected chi connectivity index (χ3v) is 6.51. The topological polar surface area (TPSA) is 54.1 Å². The standard InChI is InChI=1S/C20H24N2O2/c1-24-18-4-2-3-16-15(18)8-17(21-16)19(23)22-20-9-12-5-13(10-20)7-14(6-12)11-20/h2-4,8,12-14,21H,5-7,9-11H2,1H3,(H,22,23). The summed E-state index contributed by atoms with van der Waals surface area (Å²) < 4.78 is 5.40. The number of H-pyrrole nitrogens is 1. The minimum atomic E-state index is 0.0372. The van der Waals surface area contributed by atoms with Crippen molar-refractivity contribution in [1.29, 1.82) is 0 Å². The molecule has 0 unspecified atom stereocenters. The summed E-state index contributed by atoms with van der Waals surface area (Å²) >= 11 is 0. The van der Waals surface area contributed by atoms with Crippen molar-refractivity contribution in [3.63, 3.8) is 0 Å². The minimum Gasteiger partial charge on any atom is -0.496 e. The molecule has 126 valence electrons. The average Bonchev–Trinajstić information content (AvgIpc) is 2.97. The van der Waals surface area contributed by atoms with Crippen molar-refractivity contribution in [2.45, 2.75) is 44.1 Å². The van der Waals surface area contributed by atoms with Gasteiger partial charge in [0.2, 0.25) is 0 Å². The molecule has 4 aliphatic carbocycles. The van der Waals surface area contributed by atoms with E-state index < -0.39 is 0 Å². The summed E-state index contributed by atoms with van der Waals surface area (Å²) in [5.74, 6) is 3.34. The third-order valence-electron chi connectivity index (χ3n) is 6.51. The molecule has 0 saturated heterocycles. The number of fused-ring (bicyclic) bond motifs is 1. The van der Waals surface area contributed by atoms with Crippen molar-refractivity contribution in [1.82, 2.24) is 10.3 Å². The van der Waals surface area contributed by atoms with Crippen molar-refractivity contribution >= 4 is 16.8 Å². The van der Waals surface area contributed by atoms with Gasteiger partial charge in [-0.2, -0.15) is 0 Å². The fourth-order valence-electron chi connectivity index (χ4n) is 6.00. The first-order valence-electron chi connectivity index (χ1n) is 9.12. The van der Waals surface area contributed by atoms with Crippen LogP contribution in [-0.4, -0.2) is 23.5 Å². The molecule has 1 amide bonds. The van der Waals surface area contributed by atoms with Crippen LogP contribution in [0.5, 0.6) is 5.75 Å². The van der Waals surface area contributed by atoms with E-state index in [2.05, 4.69) is 10.3 Å². The lowest BCUT2D eigenvalue weighted by Crippen LogP contribution is -2.59. The Morgan fingerprint density at radius 2 is 1.83 bits per heavy atom. The summed E-state index contributed by atoms with van der Waals surface area (Å²) in [5.41, 5.74) is 1.64. The number of methoxy groups -OCH3 is 1. The van der Waals surface area contributed by atoms with Gasteiger partial charge in [-0.05, 0) is 74.5 Å². The molecule has 4 nitrogen and oxygen atoms in total. The third kappa shape index (κ3) is 2.15. The SMILES string of the molecule is COc1cccc2[nH]c(C(=O)NC34CC5CC(CC(C5)C3)C4)cc12. The Morgan fingerprint density at radius 1 is 1.17 bits per heavy atom. The highest BCUT2D eigenvalue weighted by Gasteiger charge is 2.51. The van der Waals surface area contributed by atoms with E-state index >= 15 is 0 Å². The van der Waals surface area contributed by atoms with E-state index in [0.29, 0.717) is 5.69 Å². The molecule has 4 aliphatic rings. The number of benzene rings is 1. The van der Waals surface area contributed by atoms with E-state index in [1.54, 1.807) is 7.11 Å². The Bertz CT molecular complexity index is 772. The minimum absolute atomic E-state index is 0.0372. The van der Waals surface area contributed by atoms with Crippen LogP contribution in [0.4, 0.5) is 0 Å². The lowest BCUT2D eigenvalue weighted by molar-refractivity contribution is -0.0167. The predicted octanol–water partition coefficient (Wildman–Crippen LogP) is 3.88. The van der Waals surface area contributed by atoms with E-state index in [1.807, 2.05) is 24.3 Å². The zero-order valence-electron chi connectivity index (χ0n) is 14.1. The number of carbonyl (C=O) groups is 1. The van der Waals surface area contributed by atoms with Gasteiger partial charge in [0.15, 0.2) is 0 Å². The molecule has 1 heterocycles.